The molecule has 0 spiro atoms. The van der Waals surface area contributed by atoms with Crippen molar-refractivity contribution in [3.05, 3.63) is 108 Å². The summed E-state index contributed by atoms with van der Waals surface area (Å²) in [6.45, 7) is 9.04. The molecule has 0 aliphatic carbocycles. The van der Waals surface area contributed by atoms with E-state index in [2.05, 4.69) is 10.6 Å². The molecule has 2 atom stereocenters. The van der Waals surface area contributed by atoms with E-state index in [-0.39, 0.29) is 24.1 Å². The smallest absolute Gasteiger partial charge is 0.408 e. The lowest BCUT2D eigenvalue weighted by Crippen LogP contribution is -2.55. The van der Waals surface area contributed by atoms with E-state index < -0.39 is 29.3 Å². The van der Waals surface area contributed by atoms with Crippen LogP contribution in [0.2, 0.25) is 0 Å². The summed E-state index contributed by atoms with van der Waals surface area (Å²) < 4.78 is 5.37. The molecule has 0 bridgehead atoms. The molecule has 48 heavy (non-hydrogen) atoms. The van der Waals surface area contributed by atoms with Crippen molar-refractivity contribution in [2.45, 2.75) is 77.1 Å². The maximum atomic E-state index is 14.3. The molecule has 3 aromatic rings. The standard InChI is InChI=1S/C39H50N4O5/c1-38(2,3)48-37(47)41-39(4,5)25-15-20-34(44)42(7)33(27-29-21-23-31(24-22-29)30-18-13-10-14-19-30)36(46)43(8)32(35(45)40-6)26-28-16-11-9-12-17-28/h9-24,32-33H,25-27H2,1-8H3,(H,40,45)(H,41,47)/t32-,33-/m1/s1. The van der Waals surface area contributed by atoms with Crippen LogP contribution in [-0.2, 0) is 32.0 Å². The van der Waals surface area contributed by atoms with Crippen LogP contribution in [-0.4, -0.2) is 78.0 Å². The molecule has 4 amide bonds. The summed E-state index contributed by atoms with van der Waals surface area (Å²) in [5, 5.41) is 5.52. The first-order valence-electron chi connectivity index (χ1n) is 16.2. The van der Waals surface area contributed by atoms with Crippen molar-refractivity contribution in [3.8, 4) is 11.1 Å². The fraction of sp³-hybridized carbons (Fsp3) is 0.385. The number of carbonyl (C=O) groups excluding carboxylic acids is 4. The maximum Gasteiger partial charge on any atom is 0.408 e. The van der Waals surface area contributed by atoms with E-state index in [1.54, 1.807) is 48.0 Å². The Morgan fingerprint density at radius 1 is 0.729 bits per heavy atom. The Bertz CT molecular complexity index is 1550. The second kappa shape index (κ2) is 16.8. The van der Waals surface area contributed by atoms with Crippen LogP contribution in [0.15, 0.2) is 97.1 Å². The third-order valence-electron chi connectivity index (χ3n) is 7.95. The number of benzene rings is 3. The van der Waals surface area contributed by atoms with Crippen molar-refractivity contribution in [2.24, 2.45) is 0 Å². The Labute approximate surface area is 285 Å². The van der Waals surface area contributed by atoms with E-state index in [0.29, 0.717) is 12.8 Å². The summed E-state index contributed by atoms with van der Waals surface area (Å²) in [6, 6.07) is 25.7. The molecular weight excluding hydrogens is 604 g/mol. The van der Waals surface area contributed by atoms with Crippen molar-refractivity contribution >= 4 is 23.8 Å². The molecule has 0 aromatic heterocycles. The molecule has 0 aliphatic rings. The van der Waals surface area contributed by atoms with Gasteiger partial charge in [0.15, 0.2) is 0 Å². The number of amides is 4. The summed E-state index contributed by atoms with van der Waals surface area (Å²) in [4.78, 5) is 56.1. The molecule has 0 radical (unpaired) electrons. The molecule has 0 saturated carbocycles. The predicted octanol–water partition coefficient (Wildman–Crippen LogP) is 5.79. The number of likely N-dealkylation sites (N-methyl/N-ethyl adjacent to an activating group) is 3. The van der Waals surface area contributed by atoms with Crippen LogP contribution in [0.4, 0.5) is 4.79 Å². The monoisotopic (exact) mass is 654 g/mol. The van der Waals surface area contributed by atoms with E-state index in [1.165, 1.54) is 15.9 Å². The van der Waals surface area contributed by atoms with Gasteiger partial charge in [-0.05, 0) is 69.4 Å². The molecule has 9 heteroatoms. The Balaban J connectivity index is 1.85. The minimum Gasteiger partial charge on any atom is -0.444 e. The maximum absolute atomic E-state index is 14.3. The summed E-state index contributed by atoms with van der Waals surface area (Å²) in [5.41, 5.74) is 2.57. The van der Waals surface area contributed by atoms with Crippen LogP contribution in [0, 0.1) is 0 Å². The highest BCUT2D eigenvalue weighted by Crippen LogP contribution is 2.22. The molecule has 9 nitrogen and oxygen atoms in total. The van der Waals surface area contributed by atoms with Gasteiger partial charge in [0.1, 0.15) is 17.7 Å². The van der Waals surface area contributed by atoms with E-state index in [9.17, 15) is 19.2 Å². The SMILES string of the molecule is CNC(=O)[C@@H](Cc1ccccc1)N(C)C(=O)[C@@H](Cc1ccc(-c2ccccc2)cc1)N(C)C(=O)C=CCC(C)(C)NC(=O)OC(C)(C)C. The fourth-order valence-corrected chi connectivity index (χ4v) is 5.23. The first kappa shape index (κ1) is 37.5. The summed E-state index contributed by atoms with van der Waals surface area (Å²) in [7, 11) is 4.75. The molecule has 0 fully saturated rings. The Hall–Kier alpha value is -4.92. The lowest BCUT2D eigenvalue weighted by atomic mass is 9.98. The zero-order chi connectivity index (χ0) is 35.5. The number of rotatable bonds is 13. The van der Waals surface area contributed by atoms with Crippen LogP contribution in [0.25, 0.3) is 11.1 Å². The van der Waals surface area contributed by atoms with E-state index in [1.807, 2.05) is 98.8 Å². The molecule has 3 aromatic carbocycles. The van der Waals surface area contributed by atoms with E-state index in [0.717, 1.165) is 22.3 Å². The molecule has 0 unspecified atom stereocenters. The average Bonchev–Trinajstić information content (AvgIpc) is 3.04. The predicted molar refractivity (Wildman–Crippen MR) is 190 cm³/mol. The second-order valence-electron chi connectivity index (χ2n) is 13.6. The van der Waals surface area contributed by atoms with Gasteiger partial charge in [-0.3, -0.25) is 14.4 Å². The van der Waals surface area contributed by atoms with Gasteiger partial charge in [-0.1, -0.05) is 91.0 Å². The number of hydrogen-bond donors (Lipinski definition) is 2. The molecule has 0 heterocycles. The van der Waals surface area contributed by atoms with Crippen molar-refractivity contribution in [1.29, 1.82) is 0 Å². The molecule has 2 N–H and O–H groups in total. The molecule has 0 saturated heterocycles. The highest BCUT2D eigenvalue weighted by Gasteiger charge is 2.34. The first-order valence-corrected chi connectivity index (χ1v) is 16.2. The number of ether oxygens (including phenoxy) is 1. The highest BCUT2D eigenvalue weighted by atomic mass is 16.6. The van der Waals surface area contributed by atoms with Crippen LogP contribution < -0.4 is 10.6 Å². The normalized spacial score (nSPS) is 12.9. The van der Waals surface area contributed by atoms with Gasteiger partial charge >= 0.3 is 6.09 Å². The Kier molecular flexibility index (Phi) is 13.1. The third-order valence-corrected chi connectivity index (χ3v) is 7.95. The highest BCUT2D eigenvalue weighted by molar-refractivity contribution is 5.95. The Morgan fingerprint density at radius 3 is 1.81 bits per heavy atom. The Morgan fingerprint density at radius 2 is 1.25 bits per heavy atom. The number of nitrogens with one attached hydrogen (secondary N) is 2. The van der Waals surface area contributed by atoms with Crippen molar-refractivity contribution in [2.75, 3.05) is 21.1 Å². The zero-order valence-corrected chi connectivity index (χ0v) is 29.4. The van der Waals surface area contributed by atoms with Crippen molar-refractivity contribution < 1.29 is 23.9 Å². The van der Waals surface area contributed by atoms with Crippen LogP contribution >= 0.6 is 0 Å². The summed E-state index contributed by atoms with van der Waals surface area (Å²) in [6.07, 6.45) is 3.46. The molecular formula is C39H50N4O5. The first-order chi connectivity index (χ1) is 22.6. The summed E-state index contributed by atoms with van der Waals surface area (Å²) in [5.74, 6) is -1.03. The zero-order valence-electron chi connectivity index (χ0n) is 29.4. The van der Waals surface area contributed by atoms with Crippen molar-refractivity contribution in [1.82, 2.24) is 20.4 Å². The number of carbonyl (C=O) groups is 4. The average molecular weight is 655 g/mol. The molecule has 0 aliphatic heterocycles. The fourth-order valence-electron chi connectivity index (χ4n) is 5.23. The van der Waals surface area contributed by atoms with E-state index in [4.69, 9.17) is 4.74 Å². The van der Waals surface area contributed by atoms with Gasteiger partial charge in [0.05, 0.1) is 0 Å². The van der Waals surface area contributed by atoms with Crippen LogP contribution in [0.5, 0.6) is 0 Å². The third kappa shape index (κ3) is 11.4. The topological polar surface area (TPSA) is 108 Å². The molecule has 256 valence electrons. The number of nitrogens with zero attached hydrogens (tertiary/aromatic N) is 2. The van der Waals surface area contributed by atoms with Gasteiger partial charge in [-0.25, -0.2) is 4.79 Å². The quantitative estimate of drug-likeness (QED) is 0.227. The minimum absolute atomic E-state index is 0.242. The number of alkyl carbamates (subject to hydrolysis) is 1. The van der Waals surface area contributed by atoms with Gasteiger partial charge in [0, 0.05) is 39.5 Å². The lowest BCUT2D eigenvalue weighted by Gasteiger charge is -2.34. The minimum atomic E-state index is -0.898. The van der Waals surface area contributed by atoms with Gasteiger partial charge in [-0.2, -0.15) is 0 Å². The van der Waals surface area contributed by atoms with Gasteiger partial charge in [-0.15, -0.1) is 0 Å². The lowest BCUT2D eigenvalue weighted by molar-refractivity contribution is -0.146. The molecule has 3 rings (SSSR count). The second-order valence-corrected chi connectivity index (χ2v) is 13.6. The van der Waals surface area contributed by atoms with Crippen LogP contribution in [0.3, 0.4) is 0 Å². The number of hydrogen-bond acceptors (Lipinski definition) is 5. The van der Waals surface area contributed by atoms with Gasteiger partial charge in [0.2, 0.25) is 17.7 Å². The van der Waals surface area contributed by atoms with Crippen molar-refractivity contribution in [3.63, 3.8) is 0 Å². The summed E-state index contributed by atoms with van der Waals surface area (Å²) >= 11 is 0. The van der Waals surface area contributed by atoms with Crippen LogP contribution in [0.1, 0.15) is 52.2 Å². The van der Waals surface area contributed by atoms with Gasteiger partial charge < -0.3 is 25.2 Å². The van der Waals surface area contributed by atoms with Gasteiger partial charge in [0.25, 0.3) is 0 Å². The largest absolute Gasteiger partial charge is 0.444 e. The van der Waals surface area contributed by atoms with E-state index >= 15 is 0 Å².